The summed E-state index contributed by atoms with van der Waals surface area (Å²) in [5, 5.41) is 0. The zero-order valence-electron chi connectivity index (χ0n) is 23.8. The second kappa shape index (κ2) is 13.4. The standard InChI is InChI=1S/C30H34F7N3O2.ClH/c1-17-11-22(31)5-8-24(17)26-16-40(27(41)19-3-6-23(38)7-4-19)10-9-25(26)28(42)39(2)15-18-12-20(29(32,33)34)14-21(13-18)30(35,36)37;/h5,8,11-14,19,23,25-26H,3-4,6-7,9-10,15-16,38H2,1-2H3;1H. The number of piperidine rings is 1. The fourth-order valence-corrected chi connectivity index (χ4v) is 6.19. The highest BCUT2D eigenvalue weighted by Gasteiger charge is 2.41. The van der Waals surface area contributed by atoms with Crippen molar-refractivity contribution < 1.29 is 40.3 Å². The third kappa shape index (κ3) is 8.20. The van der Waals surface area contributed by atoms with Gasteiger partial charge in [0.2, 0.25) is 11.8 Å². The maximum atomic E-state index is 13.9. The van der Waals surface area contributed by atoms with E-state index < -0.39 is 53.6 Å². The molecular weight excluding hydrogens is 603 g/mol. The Morgan fingerprint density at radius 3 is 2.05 bits per heavy atom. The molecule has 2 atom stereocenters. The summed E-state index contributed by atoms with van der Waals surface area (Å²) in [4.78, 5) is 30.0. The van der Waals surface area contributed by atoms with Gasteiger partial charge in [0, 0.05) is 50.5 Å². The van der Waals surface area contributed by atoms with E-state index in [-0.39, 0.29) is 61.4 Å². The lowest BCUT2D eigenvalue weighted by atomic mass is 9.77. The number of halogens is 8. The molecule has 0 bridgehead atoms. The topological polar surface area (TPSA) is 66.6 Å². The van der Waals surface area contributed by atoms with Crippen LogP contribution in [0.1, 0.15) is 65.8 Å². The van der Waals surface area contributed by atoms with Crippen LogP contribution in [0.25, 0.3) is 0 Å². The molecule has 1 aliphatic carbocycles. The molecule has 1 heterocycles. The molecule has 43 heavy (non-hydrogen) atoms. The Hall–Kier alpha value is -2.86. The Bertz CT molecular complexity index is 1280. The van der Waals surface area contributed by atoms with Crippen molar-refractivity contribution in [2.24, 2.45) is 17.6 Å². The number of rotatable bonds is 5. The predicted molar refractivity (Wildman–Crippen MR) is 149 cm³/mol. The largest absolute Gasteiger partial charge is 0.416 e. The number of nitrogens with two attached hydrogens (primary N) is 1. The summed E-state index contributed by atoms with van der Waals surface area (Å²) >= 11 is 0. The van der Waals surface area contributed by atoms with Crippen LogP contribution in [0.3, 0.4) is 0 Å². The molecule has 5 nitrogen and oxygen atoms in total. The summed E-state index contributed by atoms with van der Waals surface area (Å²) in [6.07, 6.45) is -6.97. The Morgan fingerprint density at radius 1 is 0.930 bits per heavy atom. The summed E-state index contributed by atoms with van der Waals surface area (Å²) in [6, 6.07) is 5.47. The van der Waals surface area contributed by atoms with Crippen molar-refractivity contribution in [1.29, 1.82) is 0 Å². The minimum Gasteiger partial charge on any atom is -0.342 e. The Balaban J connectivity index is 0.00000506. The molecule has 13 heteroatoms. The molecule has 2 aliphatic rings. The third-order valence-corrected chi connectivity index (χ3v) is 8.44. The van der Waals surface area contributed by atoms with E-state index in [1.54, 1.807) is 17.9 Å². The molecule has 2 fully saturated rings. The molecule has 1 saturated carbocycles. The van der Waals surface area contributed by atoms with Crippen LogP contribution in [0.15, 0.2) is 36.4 Å². The van der Waals surface area contributed by atoms with E-state index in [9.17, 15) is 40.3 Å². The summed E-state index contributed by atoms with van der Waals surface area (Å²) in [5.74, 6) is -2.44. The van der Waals surface area contributed by atoms with Crippen LogP contribution in [0.2, 0.25) is 0 Å². The molecule has 0 spiro atoms. The van der Waals surface area contributed by atoms with Crippen molar-refractivity contribution in [3.05, 3.63) is 70.0 Å². The zero-order valence-corrected chi connectivity index (χ0v) is 24.6. The zero-order chi connectivity index (χ0) is 31.0. The first-order chi connectivity index (χ1) is 19.5. The second-order valence-electron chi connectivity index (χ2n) is 11.5. The predicted octanol–water partition coefficient (Wildman–Crippen LogP) is 6.70. The van der Waals surface area contributed by atoms with Gasteiger partial charge in [0.15, 0.2) is 0 Å². The minimum atomic E-state index is -5.01. The number of hydrogen-bond donors (Lipinski definition) is 1. The van der Waals surface area contributed by atoms with E-state index in [0.29, 0.717) is 36.1 Å². The Labute approximate surface area is 252 Å². The molecule has 2 N–H and O–H groups in total. The minimum absolute atomic E-state index is 0. The van der Waals surface area contributed by atoms with Crippen molar-refractivity contribution in [1.82, 2.24) is 9.80 Å². The molecular formula is C30H35ClF7N3O2. The molecule has 1 aliphatic heterocycles. The molecule has 0 radical (unpaired) electrons. The number of carbonyl (C=O) groups excluding carboxylic acids is 2. The fraction of sp³-hybridized carbons (Fsp3) is 0.533. The molecule has 2 unspecified atom stereocenters. The van der Waals surface area contributed by atoms with Gasteiger partial charge in [-0.1, -0.05) is 6.07 Å². The molecule has 0 aromatic heterocycles. The Morgan fingerprint density at radius 2 is 1.51 bits per heavy atom. The van der Waals surface area contributed by atoms with E-state index in [1.165, 1.54) is 19.2 Å². The molecule has 2 amide bonds. The summed E-state index contributed by atoms with van der Waals surface area (Å²) in [6.45, 7) is 1.65. The van der Waals surface area contributed by atoms with Gasteiger partial charge in [-0.3, -0.25) is 9.59 Å². The van der Waals surface area contributed by atoms with Gasteiger partial charge in [0.05, 0.1) is 11.1 Å². The summed E-state index contributed by atoms with van der Waals surface area (Å²) in [5.41, 5.74) is 4.00. The monoisotopic (exact) mass is 637 g/mol. The van der Waals surface area contributed by atoms with Gasteiger partial charge in [0.25, 0.3) is 0 Å². The number of benzene rings is 2. The highest BCUT2D eigenvalue weighted by atomic mass is 35.5. The van der Waals surface area contributed by atoms with Crippen LogP contribution >= 0.6 is 12.4 Å². The average molecular weight is 638 g/mol. The van der Waals surface area contributed by atoms with Crippen LogP contribution < -0.4 is 5.73 Å². The van der Waals surface area contributed by atoms with Gasteiger partial charge in [-0.15, -0.1) is 12.4 Å². The van der Waals surface area contributed by atoms with Crippen LogP contribution in [0, 0.1) is 24.6 Å². The van der Waals surface area contributed by atoms with E-state index in [0.717, 1.165) is 17.7 Å². The SMILES string of the molecule is Cc1cc(F)ccc1C1CN(C(=O)C2CCC(N)CC2)CCC1C(=O)N(C)Cc1cc(C(F)(F)F)cc(C(F)(F)F)c1.Cl. The molecule has 4 rings (SSSR count). The lowest BCUT2D eigenvalue weighted by Crippen LogP contribution is -2.49. The number of aryl methyl sites for hydroxylation is 1. The van der Waals surface area contributed by atoms with Gasteiger partial charge < -0.3 is 15.5 Å². The van der Waals surface area contributed by atoms with Crippen molar-refractivity contribution in [3.63, 3.8) is 0 Å². The van der Waals surface area contributed by atoms with Crippen LogP contribution in [0.4, 0.5) is 30.7 Å². The van der Waals surface area contributed by atoms with Gasteiger partial charge >= 0.3 is 12.4 Å². The number of carbonyl (C=O) groups is 2. The quantitative estimate of drug-likeness (QED) is 0.371. The van der Waals surface area contributed by atoms with Crippen molar-refractivity contribution >= 4 is 24.2 Å². The summed E-state index contributed by atoms with van der Waals surface area (Å²) < 4.78 is 94.2. The number of nitrogens with zero attached hydrogens (tertiary/aromatic N) is 2. The summed E-state index contributed by atoms with van der Waals surface area (Å²) in [7, 11) is 1.33. The van der Waals surface area contributed by atoms with Crippen LogP contribution in [-0.2, 0) is 28.5 Å². The number of alkyl halides is 6. The first-order valence-corrected chi connectivity index (χ1v) is 13.9. The number of amides is 2. The van der Waals surface area contributed by atoms with E-state index >= 15 is 0 Å². The average Bonchev–Trinajstić information content (AvgIpc) is 2.91. The van der Waals surface area contributed by atoms with Crippen molar-refractivity contribution in [2.75, 3.05) is 20.1 Å². The third-order valence-electron chi connectivity index (χ3n) is 8.44. The lowest BCUT2D eigenvalue weighted by Gasteiger charge is -2.41. The molecule has 1 saturated heterocycles. The van der Waals surface area contributed by atoms with Gasteiger partial charge in [-0.2, -0.15) is 26.3 Å². The lowest BCUT2D eigenvalue weighted by molar-refractivity contribution is -0.144. The molecule has 238 valence electrons. The number of hydrogen-bond acceptors (Lipinski definition) is 3. The van der Waals surface area contributed by atoms with Crippen molar-refractivity contribution in [2.45, 2.75) is 69.9 Å². The number of likely N-dealkylation sites (tertiary alicyclic amines) is 1. The van der Waals surface area contributed by atoms with Gasteiger partial charge in [-0.05, 0) is 86.1 Å². The highest BCUT2D eigenvalue weighted by Crippen LogP contribution is 2.39. The van der Waals surface area contributed by atoms with E-state index in [1.807, 2.05) is 0 Å². The van der Waals surface area contributed by atoms with E-state index in [2.05, 4.69) is 0 Å². The normalized spacial score (nSPS) is 23.0. The van der Waals surface area contributed by atoms with Crippen LogP contribution in [0.5, 0.6) is 0 Å². The first-order valence-electron chi connectivity index (χ1n) is 13.9. The fourth-order valence-electron chi connectivity index (χ4n) is 6.19. The smallest absolute Gasteiger partial charge is 0.342 e. The van der Waals surface area contributed by atoms with Crippen molar-refractivity contribution in [3.8, 4) is 0 Å². The van der Waals surface area contributed by atoms with Gasteiger partial charge in [-0.25, -0.2) is 4.39 Å². The maximum Gasteiger partial charge on any atom is 0.416 e. The molecule has 2 aromatic carbocycles. The highest BCUT2D eigenvalue weighted by molar-refractivity contribution is 5.85. The second-order valence-corrected chi connectivity index (χ2v) is 11.5. The van der Waals surface area contributed by atoms with Gasteiger partial charge in [0.1, 0.15) is 5.82 Å². The van der Waals surface area contributed by atoms with E-state index in [4.69, 9.17) is 5.73 Å². The maximum absolute atomic E-state index is 13.9. The van der Waals surface area contributed by atoms with Crippen LogP contribution in [-0.4, -0.2) is 47.8 Å². The first kappa shape index (κ1) is 34.6. The molecule has 2 aromatic rings. The Kier molecular flexibility index (Phi) is 10.8.